The molecule has 1 heterocycles. The van der Waals surface area contributed by atoms with Gasteiger partial charge in [0.15, 0.2) is 11.4 Å². The lowest BCUT2D eigenvalue weighted by Crippen LogP contribution is -2.13. The molecule has 2 N–H and O–H groups in total. The predicted molar refractivity (Wildman–Crippen MR) is 72.0 cm³/mol. The van der Waals surface area contributed by atoms with Crippen LogP contribution in [0.1, 0.15) is 37.5 Å². The molecule has 3 unspecified atom stereocenters. The summed E-state index contributed by atoms with van der Waals surface area (Å²) in [7, 11) is 0. The predicted octanol–water partition coefficient (Wildman–Crippen LogP) is 4.01. The minimum atomic E-state index is -0.302. The van der Waals surface area contributed by atoms with Crippen LogP contribution in [-0.4, -0.2) is 0 Å². The van der Waals surface area contributed by atoms with Crippen molar-refractivity contribution in [2.45, 2.75) is 31.7 Å². The quantitative estimate of drug-likeness (QED) is 0.885. The second-order valence-corrected chi connectivity index (χ2v) is 6.02. The van der Waals surface area contributed by atoms with E-state index < -0.39 is 0 Å². The molecule has 2 aliphatic carbocycles. The smallest absolute Gasteiger partial charge is 0.169 e. The first-order valence-electron chi connectivity index (χ1n) is 7.19. The Morgan fingerprint density at radius 1 is 1.21 bits per heavy atom. The maximum absolute atomic E-state index is 13.6. The molecule has 0 saturated heterocycles. The van der Waals surface area contributed by atoms with Crippen molar-refractivity contribution >= 4 is 11.0 Å². The van der Waals surface area contributed by atoms with E-state index in [1.54, 1.807) is 6.07 Å². The van der Waals surface area contributed by atoms with Gasteiger partial charge in [0.1, 0.15) is 5.76 Å². The van der Waals surface area contributed by atoms with Crippen LogP contribution in [-0.2, 0) is 0 Å². The minimum absolute atomic E-state index is 0.0695. The SMILES string of the molecule is NC(c1cc2cccc(F)c2o1)C1C2CCCCC21. The maximum Gasteiger partial charge on any atom is 0.169 e. The molecule has 0 bridgehead atoms. The van der Waals surface area contributed by atoms with Crippen molar-refractivity contribution < 1.29 is 8.81 Å². The van der Waals surface area contributed by atoms with Crippen molar-refractivity contribution in [2.24, 2.45) is 23.5 Å². The highest BCUT2D eigenvalue weighted by atomic mass is 19.1. The highest BCUT2D eigenvalue weighted by molar-refractivity contribution is 5.78. The fourth-order valence-electron chi connectivity index (χ4n) is 3.98. The minimum Gasteiger partial charge on any atom is -0.456 e. The number of furan rings is 1. The van der Waals surface area contributed by atoms with Crippen molar-refractivity contribution in [3.63, 3.8) is 0 Å². The first-order chi connectivity index (χ1) is 9.25. The van der Waals surface area contributed by atoms with Gasteiger partial charge in [-0.3, -0.25) is 0 Å². The Morgan fingerprint density at radius 3 is 2.63 bits per heavy atom. The largest absolute Gasteiger partial charge is 0.456 e. The third-order valence-corrected chi connectivity index (χ3v) is 4.98. The monoisotopic (exact) mass is 259 g/mol. The molecule has 2 aromatic rings. The Bertz CT molecular complexity index is 608. The van der Waals surface area contributed by atoms with Gasteiger partial charge in [-0.1, -0.05) is 25.0 Å². The Kier molecular flexibility index (Phi) is 2.46. The van der Waals surface area contributed by atoms with E-state index in [4.69, 9.17) is 10.2 Å². The zero-order valence-corrected chi connectivity index (χ0v) is 10.8. The molecule has 3 heteroatoms. The van der Waals surface area contributed by atoms with Gasteiger partial charge in [-0.2, -0.15) is 0 Å². The van der Waals surface area contributed by atoms with Crippen LogP contribution in [0.5, 0.6) is 0 Å². The average molecular weight is 259 g/mol. The number of halogens is 1. The molecule has 2 saturated carbocycles. The van der Waals surface area contributed by atoms with Crippen LogP contribution in [0.4, 0.5) is 4.39 Å². The van der Waals surface area contributed by atoms with Gasteiger partial charge in [0.05, 0.1) is 6.04 Å². The van der Waals surface area contributed by atoms with Crippen LogP contribution in [0, 0.1) is 23.6 Å². The van der Waals surface area contributed by atoms with E-state index in [0.717, 1.165) is 23.0 Å². The molecular weight excluding hydrogens is 241 g/mol. The maximum atomic E-state index is 13.6. The first-order valence-corrected chi connectivity index (χ1v) is 7.19. The molecule has 1 aromatic heterocycles. The molecule has 0 aliphatic heterocycles. The summed E-state index contributed by atoms with van der Waals surface area (Å²) in [6.45, 7) is 0. The van der Waals surface area contributed by atoms with Crippen molar-refractivity contribution in [1.29, 1.82) is 0 Å². The zero-order valence-electron chi connectivity index (χ0n) is 10.8. The van der Waals surface area contributed by atoms with E-state index in [1.165, 1.54) is 31.7 Å². The molecule has 100 valence electrons. The number of nitrogens with two attached hydrogens (primary N) is 1. The first kappa shape index (κ1) is 11.5. The lowest BCUT2D eigenvalue weighted by atomic mass is 10.0. The summed E-state index contributed by atoms with van der Waals surface area (Å²) in [5.74, 6) is 2.55. The topological polar surface area (TPSA) is 39.2 Å². The molecule has 4 rings (SSSR count). The summed E-state index contributed by atoms with van der Waals surface area (Å²) < 4.78 is 19.3. The van der Waals surface area contributed by atoms with Crippen molar-refractivity contribution in [3.05, 3.63) is 35.8 Å². The summed E-state index contributed by atoms with van der Waals surface area (Å²) in [4.78, 5) is 0. The normalized spacial score (nSPS) is 31.2. The molecule has 19 heavy (non-hydrogen) atoms. The van der Waals surface area contributed by atoms with Gasteiger partial charge in [-0.15, -0.1) is 0 Å². The summed E-state index contributed by atoms with van der Waals surface area (Å²) >= 11 is 0. The number of hydrogen-bond donors (Lipinski definition) is 1. The molecule has 2 fully saturated rings. The van der Waals surface area contributed by atoms with E-state index in [-0.39, 0.29) is 11.9 Å². The lowest BCUT2D eigenvalue weighted by molar-refractivity contribution is 0.435. The van der Waals surface area contributed by atoms with Gasteiger partial charge in [0.25, 0.3) is 0 Å². The Balaban J connectivity index is 1.65. The van der Waals surface area contributed by atoms with Gasteiger partial charge < -0.3 is 10.2 Å². The average Bonchev–Trinajstić information content (AvgIpc) is 2.98. The van der Waals surface area contributed by atoms with Crippen molar-refractivity contribution in [1.82, 2.24) is 0 Å². The molecule has 0 amide bonds. The van der Waals surface area contributed by atoms with E-state index in [0.29, 0.717) is 11.5 Å². The van der Waals surface area contributed by atoms with Gasteiger partial charge in [0.2, 0.25) is 0 Å². The van der Waals surface area contributed by atoms with E-state index >= 15 is 0 Å². The number of benzene rings is 1. The zero-order chi connectivity index (χ0) is 13.0. The van der Waals surface area contributed by atoms with Crippen LogP contribution in [0.25, 0.3) is 11.0 Å². The van der Waals surface area contributed by atoms with Gasteiger partial charge in [0, 0.05) is 5.39 Å². The number of hydrogen-bond acceptors (Lipinski definition) is 2. The standard InChI is InChI=1S/C16H18FNO/c17-12-7-3-4-9-8-13(19-16(9)12)15(18)14-10-5-1-2-6-11(10)14/h3-4,7-8,10-11,14-15H,1-2,5-6,18H2. The number of para-hydroxylation sites is 1. The van der Waals surface area contributed by atoms with E-state index in [9.17, 15) is 4.39 Å². The summed E-state index contributed by atoms with van der Waals surface area (Å²) in [5.41, 5.74) is 6.70. The second-order valence-electron chi connectivity index (χ2n) is 6.02. The van der Waals surface area contributed by atoms with Crippen LogP contribution >= 0.6 is 0 Å². The Labute approximate surface area is 111 Å². The fourth-order valence-corrected chi connectivity index (χ4v) is 3.98. The third kappa shape index (κ3) is 1.71. The number of rotatable bonds is 2. The van der Waals surface area contributed by atoms with Crippen LogP contribution in [0.2, 0.25) is 0 Å². The third-order valence-electron chi connectivity index (χ3n) is 4.98. The molecular formula is C16H18FNO. The van der Waals surface area contributed by atoms with Crippen molar-refractivity contribution in [2.75, 3.05) is 0 Å². The molecule has 1 aromatic carbocycles. The molecule has 2 aliphatic rings. The van der Waals surface area contributed by atoms with Gasteiger partial charge >= 0.3 is 0 Å². The van der Waals surface area contributed by atoms with Crippen LogP contribution in [0.15, 0.2) is 28.7 Å². The van der Waals surface area contributed by atoms with Crippen LogP contribution < -0.4 is 5.73 Å². The molecule has 0 spiro atoms. The highest BCUT2D eigenvalue weighted by Crippen LogP contribution is 2.59. The summed E-state index contributed by atoms with van der Waals surface area (Å²) in [5, 5.41) is 0.814. The Morgan fingerprint density at radius 2 is 1.95 bits per heavy atom. The van der Waals surface area contributed by atoms with Gasteiger partial charge in [-0.05, 0) is 42.7 Å². The number of fused-ring (bicyclic) bond motifs is 2. The van der Waals surface area contributed by atoms with Crippen molar-refractivity contribution in [3.8, 4) is 0 Å². The van der Waals surface area contributed by atoms with E-state index in [2.05, 4.69) is 0 Å². The lowest BCUT2D eigenvalue weighted by Gasteiger charge is -2.07. The summed E-state index contributed by atoms with van der Waals surface area (Å²) in [6.07, 6.45) is 5.27. The van der Waals surface area contributed by atoms with Gasteiger partial charge in [-0.25, -0.2) is 4.39 Å². The van der Waals surface area contributed by atoms with E-state index in [1.807, 2.05) is 12.1 Å². The molecule has 0 radical (unpaired) electrons. The summed E-state index contributed by atoms with van der Waals surface area (Å²) in [6, 6.07) is 6.85. The fraction of sp³-hybridized carbons (Fsp3) is 0.500. The molecule has 3 atom stereocenters. The highest BCUT2D eigenvalue weighted by Gasteiger charge is 2.54. The van der Waals surface area contributed by atoms with Crippen LogP contribution in [0.3, 0.4) is 0 Å². The Hall–Kier alpha value is -1.35. The second kappa shape index (κ2) is 4.07. The molecule has 2 nitrogen and oxygen atoms in total.